The number of hydrogen-bond donors (Lipinski definition) is 3. The Morgan fingerprint density at radius 2 is 2.10 bits per heavy atom. The Labute approximate surface area is 119 Å². The maximum Gasteiger partial charge on any atom is 0.170 e. The van der Waals surface area contributed by atoms with Gasteiger partial charge in [0, 0.05) is 30.8 Å². The summed E-state index contributed by atoms with van der Waals surface area (Å²) in [5.41, 5.74) is 6.35. The maximum atomic E-state index is 13.8. The molecule has 0 heterocycles. The molecule has 0 saturated carbocycles. The topological polar surface area (TPSA) is 73.9 Å². The Hall–Kier alpha value is -1.66. The summed E-state index contributed by atoms with van der Waals surface area (Å²) >= 11 is 0. The molecule has 0 amide bonds. The molecule has 0 unspecified atom stereocenters. The van der Waals surface area contributed by atoms with E-state index in [1.807, 2.05) is 0 Å². The molecule has 0 bridgehead atoms. The Bertz CT molecular complexity index is 447. The molecule has 0 saturated heterocycles. The standard InChI is InChI=1S/C14H23FN4O/c1-3-19(4-2)8-7-17-10-12-6-5-11(9-13(12)15)14(16)18-20/h5-6,9,17,20H,3-4,7-8,10H2,1-2H3,(H2,16,18). The highest BCUT2D eigenvalue weighted by molar-refractivity contribution is 5.97. The quantitative estimate of drug-likeness (QED) is 0.221. The molecule has 6 heteroatoms. The zero-order chi connectivity index (χ0) is 15.0. The number of rotatable bonds is 8. The smallest absolute Gasteiger partial charge is 0.170 e. The molecule has 5 nitrogen and oxygen atoms in total. The predicted octanol–water partition coefficient (Wildman–Crippen LogP) is 1.35. The SMILES string of the molecule is CCN(CC)CCNCc1ccc(C(N)=NO)cc1F. The largest absolute Gasteiger partial charge is 0.409 e. The van der Waals surface area contributed by atoms with Crippen LogP contribution in [0, 0.1) is 5.82 Å². The molecule has 0 aliphatic carbocycles. The first kappa shape index (κ1) is 16.4. The average molecular weight is 282 g/mol. The van der Waals surface area contributed by atoms with Crippen molar-refractivity contribution >= 4 is 5.84 Å². The third kappa shape index (κ3) is 4.79. The molecule has 0 aliphatic heterocycles. The van der Waals surface area contributed by atoms with Gasteiger partial charge < -0.3 is 21.2 Å². The molecule has 4 N–H and O–H groups in total. The number of nitrogens with zero attached hydrogens (tertiary/aromatic N) is 2. The van der Waals surface area contributed by atoms with Crippen LogP contribution in [0.5, 0.6) is 0 Å². The first-order valence-corrected chi connectivity index (χ1v) is 6.81. The van der Waals surface area contributed by atoms with E-state index in [1.165, 1.54) is 6.07 Å². The van der Waals surface area contributed by atoms with Crippen LogP contribution in [0.3, 0.4) is 0 Å². The number of hydrogen-bond acceptors (Lipinski definition) is 4. The predicted molar refractivity (Wildman–Crippen MR) is 78.4 cm³/mol. The Morgan fingerprint density at radius 3 is 2.65 bits per heavy atom. The summed E-state index contributed by atoms with van der Waals surface area (Å²) in [6.07, 6.45) is 0. The van der Waals surface area contributed by atoms with Gasteiger partial charge >= 0.3 is 0 Å². The molecule has 1 aromatic rings. The van der Waals surface area contributed by atoms with Crippen LogP contribution in [0.2, 0.25) is 0 Å². The highest BCUT2D eigenvalue weighted by Crippen LogP contribution is 2.10. The minimum atomic E-state index is -0.357. The van der Waals surface area contributed by atoms with E-state index in [2.05, 4.69) is 29.2 Å². The maximum absolute atomic E-state index is 13.8. The zero-order valence-corrected chi connectivity index (χ0v) is 12.1. The number of benzene rings is 1. The Kier molecular flexibility index (Phi) is 6.97. The van der Waals surface area contributed by atoms with Crippen molar-refractivity contribution in [1.82, 2.24) is 10.2 Å². The van der Waals surface area contributed by atoms with Crippen molar-refractivity contribution in [1.29, 1.82) is 0 Å². The summed E-state index contributed by atoms with van der Waals surface area (Å²) in [5, 5.41) is 14.6. The molecule has 0 radical (unpaired) electrons. The molecule has 0 fully saturated rings. The van der Waals surface area contributed by atoms with Crippen molar-refractivity contribution in [2.24, 2.45) is 10.9 Å². The van der Waals surface area contributed by atoms with Gasteiger partial charge in [0.25, 0.3) is 0 Å². The fourth-order valence-electron chi connectivity index (χ4n) is 1.91. The van der Waals surface area contributed by atoms with Gasteiger partial charge in [0.1, 0.15) is 5.82 Å². The highest BCUT2D eigenvalue weighted by Gasteiger charge is 2.06. The lowest BCUT2D eigenvalue weighted by Gasteiger charge is -2.18. The third-order valence-electron chi connectivity index (χ3n) is 3.27. The van der Waals surface area contributed by atoms with Crippen LogP contribution in [-0.4, -0.2) is 42.1 Å². The van der Waals surface area contributed by atoms with E-state index in [0.29, 0.717) is 17.7 Å². The van der Waals surface area contributed by atoms with E-state index in [0.717, 1.165) is 26.2 Å². The summed E-state index contributed by atoms with van der Waals surface area (Å²) in [6.45, 7) is 8.48. The minimum Gasteiger partial charge on any atom is -0.409 e. The molecule has 0 spiro atoms. The lowest BCUT2D eigenvalue weighted by molar-refractivity contribution is 0.302. The van der Waals surface area contributed by atoms with E-state index in [4.69, 9.17) is 10.9 Å². The first-order chi connectivity index (χ1) is 9.62. The second-order valence-electron chi connectivity index (χ2n) is 4.50. The average Bonchev–Trinajstić information content (AvgIpc) is 2.47. The van der Waals surface area contributed by atoms with E-state index < -0.39 is 0 Å². The minimum absolute atomic E-state index is 0.0926. The van der Waals surface area contributed by atoms with Crippen molar-refractivity contribution in [3.05, 3.63) is 35.1 Å². The van der Waals surface area contributed by atoms with E-state index in [-0.39, 0.29) is 11.7 Å². The van der Waals surface area contributed by atoms with E-state index in [1.54, 1.807) is 12.1 Å². The fourth-order valence-corrected chi connectivity index (χ4v) is 1.91. The molecule has 112 valence electrons. The number of halogens is 1. The molecule has 1 aromatic carbocycles. The molecule has 0 atom stereocenters. The fraction of sp³-hybridized carbons (Fsp3) is 0.500. The highest BCUT2D eigenvalue weighted by atomic mass is 19.1. The summed E-state index contributed by atoms with van der Waals surface area (Å²) in [7, 11) is 0. The molecule has 0 aromatic heterocycles. The second-order valence-corrected chi connectivity index (χ2v) is 4.50. The van der Waals surface area contributed by atoms with Gasteiger partial charge in [-0.05, 0) is 19.2 Å². The summed E-state index contributed by atoms with van der Waals surface area (Å²) in [5.74, 6) is -0.450. The van der Waals surface area contributed by atoms with Gasteiger partial charge in [-0.3, -0.25) is 0 Å². The van der Waals surface area contributed by atoms with Crippen LogP contribution in [0.1, 0.15) is 25.0 Å². The van der Waals surface area contributed by atoms with Crippen LogP contribution < -0.4 is 11.1 Å². The summed E-state index contributed by atoms with van der Waals surface area (Å²) in [4.78, 5) is 2.30. The van der Waals surface area contributed by atoms with Crippen molar-refractivity contribution < 1.29 is 9.60 Å². The van der Waals surface area contributed by atoms with Crippen LogP contribution in [0.4, 0.5) is 4.39 Å². The first-order valence-electron chi connectivity index (χ1n) is 6.81. The second kappa shape index (κ2) is 8.50. The molecular weight excluding hydrogens is 259 g/mol. The van der Waals surface area contributed by atoms with Crippen molar-refractivity contribution in [3.8, 4) is 0 Å². The molecule has 1 rings (SSSR count). The number of nitrogens with one attached hydrogen (secondary N) is 1. The number of amidine groups is 1. The van der Waals surface area contributed by atoms with Gasteiger partial charge in [-0.1, -0.05) is 31.1 Å². The Morgan fingerprint density at radius 1 is 1.40 bits per heavy atom. The number of likely N-dealkylation sites (N-methyl/N-ethyl adjacent to an activating group) is 1. The molecular formula is C14H23FN4O. The van der Waals surface area contributed by atoms with Gasteiger partial charge in [-0.25, -0.2) is 4.39 Å². The lowest BCUT2D eigenvalue weighted by atomic mass is 10.1. The Balaban J connectivity index is 2.49. The van der Waals surface area contributed by atoms with Gasteiger partial charge in [0.2, 0.25) is 0 Å². The van der Waals surface area contributed by atoms with Gasteiger partial charge in [0.15, 0.2) is 5.84 Å². The van der Waals surface area contributed by atoms with Crippen LogP contribution in [-0.2, 0) is 6.54 Å². The number of oxime groups is 1. The third-order valence-corrected chi connectivity index (χ3v) is 3.27. The van der Waals surface area contributed by atoms with Gasteiger partial charge in [-0.2, -0.15) is 0 Å². The van der Waals surface area contributed by atoms with Gasteiger partial charge in [-0.15, -0.1) is 0 Å². The van der Waals surface area contributed by atoms with E-state index >= 15 is 0 Å². The number of nitrogens with two attached hydrogens (primary N) is 1. The lowest BCUT2D eigenvalue weighted by Crippen LogP contribution is -2.31. The summed E-state index contributed by atoms with van der Waals surface area (Å²) < 4.78 is 13.8. The van der Waals surface area contributed by atoms with Crippen LogP contribution in [0.15, 0.2) is 23.4 Å². The summed E-state index contributed by atoms with van der Waals surface area (Å²) in [6, 6.07) is 4.56. The van der Waals surface area contributed by atoms with Crippen LogP contribution in [0.25, 0.3) is 0 Å². The van der Waals surface area contributed by atoms with Gasteiger partial charge in [0.05, 0.1) is 0 Å². The molecule has 0 aliphatic rings. The van der Waals surface area contributed by atoms with Crippen molar-refractivity contribution in [2.75, 3.05) is 26.2 Å². The van der Waals surface area contributed by atoms with Crippen molar-refractivity contribution in [3.63, 3.8) is 0 Å². The van der Waals surface area contributed by atoms with Crippen molar-refractivity contribution in [2.45, 2.75) is 20.4 Å². The zero-order valence-electron chi connectivity index (χ0n) is 12.1. The van der Waals surface area contributed by atoms with Crippen LogP contribution >= 0.6 is 0 Å². The monoisotopic (exact) mass is 282 g/mol. The normalized spacial score (nSPS) is 12.1. The van der Waals surface area contributed by atoms with E-state index in [9.17, 15) is 4.39 Å². The molecule has 20 heavy (non-hydrogen) atoms.